The molecule has 5 nitrogen and oxygen atoms in total. The maximum atomic E-state index is 12.2. The van der Waals surface area contributed by atoms with E-state index in [2.05, 4.69) is 0 Å². The Morgan fingerprint density at radius 3 is 2.56 bits per heavy atom. The molecule has 0 aromatic heterocycles. The number of benzene rings is 1. The standard InChI is InChI=1S/C20H21NO4/c1-12(22)21-9-6-13-10-16(24-2)19(25-3)18-17(13)15(21)11-20(18)7-4-14(23)5-8-20/h4-5,7-8,10,15H,6,9,11H2,1-3H3. The van der Waals surface area contributed by atoms with E-state index in [1.807, 2.05) is 23.1 Å². The fraction of sp³-hybridized carbons (Fsp3) is 0.400. The van der Waals surface area contributed by atoms with Gasteiger partial charge in [0.05, 0.1) is 20.3 Å². The zero-order valence-corrected chi connectivity index (χ0v) is 14.7. The molecule has 0 bridgehead atoms. The highest BCUT2D eigenvalue weighted by atomic mass is 16.5. The lowest BCUT2D eigenvalue weighted by atomic mass is 9.77. The molecule has 25 heavy (non-hydrogen) atoms. The molecule has 4 rings (SSSR count). The van der Waals surface area contributed by atoms with Gasteiger partial charge in [-0.1, -0.05) is 12.2 Å². The number of allylic oxidation sites excluding steroid dienone is 4. The molecule has 3 aliphatic rings. The van der Waals surface area contributed by atoms with Gasteiger partial charge in [0.25, 0.3) is 0 Å². The minimum Gasteiger partial charge on any atom is -0.493 e. The number of hydrogen-bond donors (Lipinski definition) is 0. The van der Waals surface area contributed by atoms with E-state index in [4.69, 9.17) is 9.47 Å². The predicted octanol–water partition coefficient (Wildman–Crippen LogP) is 2.49. The number of rotatable bonds is 2. The summed E-state index contributed by atoms with van der Waals surface area (Å²) in [4.78, 5) is 25.8. The first kappa shape index (κ1) is 15.9. The number of hydrogen-bond acceptors (Lipinski definition) is 4. The number of methoxy groups -OCH3 is 2. The Labute approximate surface area is 146 Å². The summed E-state index contributed by atoms with van der Waals surface area (Å²) >= 11 is 0. The van der Waals surface area contributed by atoms with E-state index in [0.29, 0.717) is 18.0 Å². The maximum Gasteiger partial charge on any atom is 0.219 e. The summed E-state index contributed by atoms with van der Waals surface area (Å²) in [5, 5.41) is 0. The van der Waals surface area contributed by atoms with Crippen LogP contribution in [0, 0.1) is 0 Å². The Balaban J connectivity index is 2.01. The van der Waals surface area contributed by atoms with Crippen molar-refractivity contribution in [3.63, 3.8) is 0 Å². The second kappa shape index (κ2) is 5.48. The fourth-order valence-corrected chi connectivity index (χ4v) is 4.55. The summed E-state index contributed by atoms with van der Waals surface area (Å²) < 4.78 is 11.3. The number of ketones is 1. The molecule has 1 atom stereocenters. The number of carbonyl (C=O) groups excluding carboxylic acids is 2. The lowest BCUT2D eigenvalue weighted by Crippen LogP contribution is -2.38. The Hall–Kier alpha value is -2.56. The number of nitrogens with zero attached hydrogens (tertiary/aromatic N) is 1. The van der Waals surface area contributed by atoms with Gasteiger partial charge in [0.2, 0.25) is 5.91 Å². The monoisotopic (exact) mass is 339 g/mol. The van der Waals surface area contributed by atoms with Gasteiger partial charge in [-0.25, -0.2) is 0 Å². The first-order valence-electron chi connectivity index (χ1n) is 8.48. The van der Waals surface area contributed by atoms with E-state index in [0.717, 1.165) is 24.0 Å². The second-order valence-electron chi connectivity index (χ2n) is 6.85. The molecule has 0 radical (unpaired) electrons. The van der Waals surface area contributed by atoms with Crippen molar-refractivity contribution in [2.45, 2.75) is 31.2 Å². The minimum absolute atomic E-state index is 0.00134. The second-order valence-corrected chi connectivity index (χ2v) is 6.85. The first-order chi connectivity index (χ1) is 12.0. The summed E-state index contributed by atoms with van der Waals surface area (Å²) in [6, 6.07) is 2.03. The Bertz CT molecular complexity index is 821. The highest BCUT2D eigenvalue weighted by Crippen LogP contribution is 2.58. The molecule has 1 aliphatic heterocycles. The van der Waals surface area contributed by atoms with Crippen molar-refractivity contribution in [3.8, 4) is 11.5 Å². The highest BCUT2D eigenvalue weighted by molar-refractivity contribution is 6.01. The van der Waals surface area contributed by atoms with Gasteiger partial charge in [0.15, 0.2) is 17.3 Å². The normalized spacial score (nSPS) is 22.3. The highest BCUT2D eigenvalue weighted by Gasteiger charge is 2.49. The molecule has 0 N–H and O–H groups in total. The van der Waals surface area contributed by atoms with Crippen molar-refractivity contribution in [2.24, 2.45) is 0 Å². The Morgan fingerprint density at radius 2 is 1.96 bits per heavy atom. The molecule has 130 valence electrons. The quantitative estimate of drug-likeness (QED) is 0.831. The number of amides is 1. The zero-order valence-electron chi connectivity index (χ0n) is 14.7. The molecule has 1 unspecified atom stereocenters. The van der Waals surface area contributed by atoms with Gasteiger partial charge >= 0.3 is 0 Å². The molecular formula is C20H21NO4. The lowest BCUT2D eigenvalue weighted by molar-refractivity contribution is -0.131. The third kappa shape index (κ3) is 2.15. The molecule has 2 aliphatic carbocycles. The van der Waals surface area contributed by atoms with E-state index in [1.165, 1.54) is 5.56 Å². The van der Waals surface area contributed by atoms with Gasteiger partial charge in [0, 0.05) is 24.4 Å². The Kier molecular flexibility index (Phi) is 3.49. The van der Waals surface area contributed by atoms with Crippen molar-refractivity contribution < 1.29 is 19.1 Å². The van der Waals surface area contributed by atoms with Gasteiger partial charge in [0.1, 0.15) is 0 Å². The zero-order chi connectivity index (χ0) is 17.8. The molecule has 0 saturated heterocycles. The molecule has 1 amide bonds. The molecule has 1 aromatic carbocycles. The number of ether oxygens (including phenoxy) is 2. The van der Waals surface area contributed by atoms with Crippen molar-refractivity contribution in [3.05, 3.63) is 47.1 Å². The molecule has 5 heteroatoms. The van der Waals surface area contributed by atoms with Crippen LogP contribution in [0.15, 0.2) is 30.4 Å². The van der Waals surface area contributed by atoms with Gasteiger partial charge in [-0.15, -0.1) is 0 Å². The van der Waals surface area contributed by atoms with E-state index in [1.54, 1.807) is 33.3 Å². The Morgan fingerprint density at radius 1 is 1.24 bits per heavy atom. The van der Waals surface area contributed by atoms with Crippen LogP contribution in [0.4, 0.5) is 0 Å². The predicted molar refractivity (Wildman–Crippen MR) is 93.0 cm³/mol. The van der Waals surface area contributed by atoms with Gasteiger partial charge in [-0.2, -0.15) is 0 Å². The average molecular weight is 339 g/mol. The lowest BCUT2D eigenvalue weighted by Gasteiger charge is -2.35. The molecular weight excluding hydrogens is 318 g/mol. The number of fused-ring (bicyclic) bond motifs is 1. The van der Waals surface area contributed by atoms with Crippen LogP contribution >= 0.6 is 0 Å². The van der Waals surface area contributed by atoms with Gasteiger partial charge in [-0.3, -0.25) is 9.59 Å². The molecule has 1 heterocycles. The summed E-state index contributed by atoms with van der Waals surface area (Å²) in [5.41, 5.74) is 2.94. The van der Waals surface area contributed by atoms with Crippen molar-refractivity contribution in [2.75, 3.05) is 20.8 Å². The van der Waals surface area contributed by atoms with Gasteiger partial charge < -0.3 is 14.4 Å². The topological polar surface area (TPSA) is 55.8 Å². The van der Waals surface area contributed by atoms with Crippen LogP contribution in [-0.4, -0.2) is 37.4 Å². The van der Waals surface area contributed by atoms with E-state index in [-0.39, 0.29) is 17.7 Å². The summed E-state index contributed by atoms with van der Waals surface area (Å²) in [7, 11) is 3.27. The van der Waals surface area contributed by atoms with Crippen LogP contribution in [0.5, 0.6) is 11.5 Å². The van der Waals surface area contributed by atoms with Crippen LogP contribution in [0.25, 0.3) is 0 Å². The average Bonchev–Trinajstić information content (AvgIpc) is 2.93. The van der Waals surface area contributed by atoms with Crippen LogP contribution in [0.1, 0.15) is 36.1 Å². The molecule has 1 aromatic rings. The molecule has 0 fully saturated rings. The minimum atomic E-state index is -0.444. The van der Waals surface area contributed by atoms with Crippen LogP contribution in [0.2, 0.25) is 0 Å². The summed E-state index contributed by atoms with van der Waals surface area (Å²) in [6.07, 6.45) is 8.63. The summed E-state index contributed by atoms with van der Waals surface area (Å²) in [6.45, 7) is 2.32. The number of carbonyl (C=O) groups is 2. The SMILES string of the molecule is COc1cc2c3c(c1OC)C1(C=CC(=O)C=C1)CC3N(C(C)=O)CC2. The van der Waals surface area contributed by atoms with E-state index >= 15 is 0 Å². The van der Waals surface area contributed by atoms with Crippen LogP contribution < -0.4 is 9.47 Å². The van der Waals surface area contributed by atoms with Crippen LogP contribution in [0.3, 0.4) is 0 Å². The third-order valence-corrected chi connectivity index (χ3v) is 5.62. The van der Waals surface area contributed by atoms with Crippen LogP contribution in [-0.2, 0) is 21.4 Å². The summed E-state index contributed by atoms with van der Waals surface area (Å²) in [5.74, 6) is 1.45. The van der Waals surface area contributed by atoms with E-state index in [9.17, 15) is 9.59 Å². The fourth-order valence-electron chi connectivity index (χ4n) is 4.55. The van der Waals surface area contributed by atoms with Crippen molar-refractivity contribution >= 4 is 11.7 Å². The van der Waals surface area contributed by atoms with E-state index < -0.39 is 5.41 Å². The first-order valence-corrected chi connectivity index (χ1v) is 8.48. The third-order valence-electron chi connectivity index (χ3n) is 5.62. The maximum absolute atomic E-state index is 12.2. The van der Waals surface area contributed by atoms with Crippen molar-refractivity contribution in [1.29, 1.82) is 0 Å². The molecule has 0 saturated carbocycles. The smallest absolute Gasteiger partial charge is 0.219 e. The molecule has 1 spiro atoms. The van der Waals surface area contributed by atoms with Crippen molar-refractivity contribution in [1.82, 2.24) is 4.90 Å². The largest absolute Gasteiger partial charge is 0.493 e. The van der Waals surface area contributed by atoms with Gasteiger partial charge in [-0.05, 0) is 42.2 Å².